The molecule has 1 saturated heterocycles. The molecule has 1 aromatic heterocycles. The van der Waals surface area contributed by atoms with Gasteiger partial charge >= 0.3 is 0 Å². The molecule has 1 aliphatic rings. The van der Waals surface area contributed by atoms with Crippen LogP contribution < -0.4 is 4.74 Å². The normalized spacial score (nSPS) is 17.2. The Labute approximate surface area is 190 Å². The van der Waals surface area contributed by atoms with Crippen LogP contribution in [0.3, 0.4) is 0 Å². The standard InChI is InChI=1S/C21H23N5O4S2/c1-30-19-9-7-17(8-10-19)26-21(22-23-24-26)31-14-20(27)25(13-16-5-3-2-4-6-16)18-11-12-32(28,29)15-18/h2-10,18H,11-15H2,1H3. The Morgan fingerprint density at radius 2 is 1.94 bits per heavy atom. The summed E-state index contributed by atoms with van der Waals surface area (Å²) >= 11 is 1.22. The Kier molecular flexibility index (Phi) is 6.75. The monoisotopic (exact) mass is 473 g/mol. The van der Waals surface area contributed by atoms with E-state index < -0.39 is 9.84 Å². The highest BCUT2D eigenvalue weighted by atomic mass is 32.2. The molecule has 1 unspecified atom stereocenters. The van der Waals surface area contributed by atoms with Gasteiger partial charge in [-0.1, -0.05) is 42.1 Å². The number of thioether (sulfide) groups is 1. The summed E-state index contributed by atoms with van der Waals surface area (Å²) in [6, 6.07) is 16.5. The highest BCUT2D eigenvalue weighted by Gasteiger charge is 2.34. The van der Waals surface area contributed by atoms with E-state index >= 15 is 0 Å². The topological polar surface area (TPSA) is 107 Å². The number of rotatable bonds is 8. The van der Waals surface area contributed by atoms with Crippen LogP contribution in [0.4, 0.5) is 0 Å². The molecule has 1 fully saturated rings. The molecule has 11 heteroatoms. The Morgan fingerprint density at radius 3 is 2.59 bits per heavy atom. The van der Waals surface area contributed by atoms with Gasteiger partial charge in [-0.25, -0.2) is 8.42 Å². The molecule has 0 aliphatic carbocycles. The Hall–Kier alpha value is -2.92. The predicted octanol–water partition coefficient (Wildman–Crippen LogP) is 1.98. The lowest BCUT2D eigenvalue weighted by Crippen LogP contribution is -2.41. The average Bonchev–Trinajstić information content (AvgIpc) is 3.42. The third-order valence-corrected chi connectivity index (χ3v) is 7.90. The maximum absolute atomic E-state index is 13.2. The molecule has 0 saturated carbocycles. The van der Waals surface area contributed by atoms with Crippen molar-refractivity contribution in [1.29, 1.82) is 0 Å². The van der Waals surface area contributed by atoms with E-state index in [4.69, 9.17) is 4.74 Å². The zero-order valence-electron chi connectivity index (χ0n) is 17.5. The number of hydrogen-bond donors (Lipinski definition) is 0. The van der Waals surface area contributed by atoms with E-state index in [0.717, 1.165) is 11.3 Å². The van der Waals surface area contributed by atoms with Gasteiger partial charge in [0.05, 0.1) is 30.1 Å². The number of sulfone groups is 1. The van der Waals surface area contributed by atoms with E-state index in [-0.39, 0.29) is 29.2 Å². The lowest BCUT2D eigenvalue weighted by Gasteiger charge is -2.28. The van der Waals surface area contributed by atoms with Gasteiger partial charge < -0.3 is 9.64 Å². The van der Waals surface area contributed by atoms with E-state index in [1.165, 1.54) is 11.8 Å². The first-order valence-electron chi connectivity index (χ1n) is 10.0. The van der Waals surface area contributed by atoms with Crippen LogP contribution in [0.15, 0.2) is 59.8 Å². The van der Waals surface area contributed by atoms with E-state index in [2.05, 4.69) is 15.5 Å². The molecule has 2 heterocycles. The van der Waals surface area contributed by atoms with E-state index in [9.17, 15) is 13.2 Å². The number of carbonyl (C=O) groups is 1. The first-order chi connectivity index (χ1) is 15.4. The molecule has 1 amide bonds. The van der Waals surface area contributed by atoms with Crippen molar-refractivity contribution in [2.45, 2.75) is 24.2 Å². The molecule has 2 aromatic carbocycles. The number of nitrogens with zero attached hydrogens (tertiary/aromatic N) is 5. The van der Waals surface area contributed by atoms with Crippen molar-refractivity contribution in [3.63, 3.8) is 0 Å². The number of hydrogen-bond acceptors (Lipinski definition) is 8. The van der Waals surface area contributed by atoms with Gasteiger partial charge in [0, 0.05) is 12.6 Å². The van der Waals surface area contributed by atoms with Crippen LogP contribution in [0.25, 0.3) is 5.69 Å². The first-order valence-corrected chi connectivity index (χ1v) is 12.9. The number of tetrazole rings is 1. The molecule has 0 spiro atoms. The molecule has 3 aromatic rings. The van der Waals surface area contributed by atoms with Gasteiger partial charge in [0.25, 0.3) is 0 Å². The van der Waals surface area contributed by atoms with Crippen LogP contribution in [0.1, 0.15) is 12.0 Å². The molecule has 0 radical (unpaired) electrons. The average molecular weight is 474 g/mol. The minimum absolute atomic E-state index is 0.000172. The number of methoxy groups -OCH3 is 1. The molecular formula is C21H23N5O4S2. The van der Waals surface area contributed by atoms with Crippen molar-refractivity contribution in [3.05, 3.63) is 60.2 Å². The summed E-state index contributed by atoms with van der Waals surface area (Å²) in [7, 11) is -1.53. The number of amides is 1. The van der Waals surface area contributed by atoms with Crippen LogP contribution in [0, 0.1) is 0 Å². The van der Waals surface area contributed by atoms with Crippen molar-refractivity contribution in [2.75, 3.05) is 24.4 Å². The highest BCUT2D eigenvalue weighted by Crippen LogP contribution is 2.24. The maximum Gasteiger partial charge on any atom is 0.233 e. The van der Waals surface area contributed by atoms with Crippen molar-refractivity contribution in [1.82, 2.24) is 25.1 Å². The number of aromatic nitrogens is 4. The fourth-order valence-corrected chi connectivity index (χ4v) is 6.09. The smallest absolute Gasteiger partial charge is 0.233 e. The Balaban J connectivity index is 1.48. The second-order valence-electron chi connectivity index (χ2n) is 7.42. The van der Waals surface area contributed by atoms with Crippen LogP contribution in [0.2, 0.25) is 0 Å². The Bertz CT molecular complexity index is 1170. The fourth-order valence-electron chi connectivity index (χ4n) is 3.59. The SMILES string of the molecule is COc1ccc(-n2nnnc2SCC(=O)N(Cc2ccccc2)C2CCS(=O)(=O)C2)cc1. The quantitative estimate of drug-likeness (QED) is 0.457. The molecule has 0 bridgehead atoms. The van der Waals surface area contributed by atoms with Gasteiger partial charge in [-0.2, -0.15) is 4.68 Å². The lowest BCUT2D eigenvalue weighted by molar-refractivity contribution is -0.130. The van der Waals surface area contributed by atoms with Crippen LogP contribution in [0.5, 0.6) is 5.75 Å². The summed E-state index contributed by atoms with van der Waals surface area (Å²) in [5, 5.41) is 12.3. The Morgan fingerprint density at radius 1 is 1.19 bits per heavy atom. The van der Waals surface area contributed by atoms with E-state index in [1.807, 2.05) is 42.5 Å². The van der Waals surface area contributed by atoms with Crippen LogP contribution in [-0.4, -0.2) is 69.8 Å². The molecule has 32 heavy (non-hydrogen) atoms. The van der Waals surface area contributed by atoms with Gasteiger partial charge in [0.2, 0.25) is 11.1 Å². The minimum atomic E-state index is -3.12. The third kappa shape index (κ3) is 5.28. The second kappa shape index (κ2) is 9.70. The van der Waals surface area contributed by atoms with E-state index in [0.29, 0.717) is 23.9 Å². The summed E-state index contributed by atoms with van der Waals surface area (Å²) in [5.74, 6) is 0.776. The largest absolute Gasteiger partial charge is 0.497 e. The van der Waals surface area contributed by atoms with Crippen LogP contribution >= 0.6 is 11.8 Å². The van der Waals surface area contributed by atoms with Gasteiger partial charge in [-0.3, -0.25) is 4.79 Å². The highest BCUT2D eigenvalue weighted by molar-refractivity contribution is 7.99. The summed E-state index contributed by atoms with van der Waals surface area (Å²) in [6.07, 6.45) is 0.454. The minimum Gasteiger partial charge on any atom is -0.497 e. The summed E-state index contributed by atoms with van der Waals surface area (Å²) < 4.78 is 30.8. The number of ether oxygens (including phenoxy) is 1. The molecule has 4 rings (SSSR count). The van der Waals surface area contributed by atoms with E-state index in [1.54, 1.807) is 28.8 Å². The van der Waals surface area contributed by atoms with Gasteiger partial charge in [0.1, 0.15) is 5.75 Å². The lowest BCUT2D eigenvalue weighted by atomic mass is 10.1. The molecule has 1 aliphatic heterocycles. The predicted molar refractivity (Wildman–Crippen MR) is 120 cm³/mol. The van der Waals surface area contributed by atoms with Crippen molar-refractivity contribution in [2.24, 2.45) is 0 Å². The maximum atomic E-state index is 13.2. The van der Waals surface area contributed by atoms with Crippen molar-refractivity contribution >= 4 is 27.5 Å². The number of benzene rings is 2. The van der Waals surface area contributed by atoms with Gasteiger partial charge in [-0.05, 0) is 46.7 Å². The molecule has 9 nitrogen and oxygen atoms in total. The third-order valence-electron chi connectivity index (χ3n) is 5.25. The van der Waals surface area contributed by atoms with Gasteiger partial charge in [-0.15, -0.1) is 5.10 Å². The van der Waals surface area contributed by atoms with Crippen molar-refractivity contribution < 1.29 is 17.9 Å². The fraction of sp³-hybridized carbons (Fsp3) is 0.333. The molecular weight excluding hydrogens is 450 g/mol. The summed E-state index contributed by atoms with van der Waals surface area (Å²) in [5.41, 5.74) is 1.70. The first kappa shape index (κ1) is 22.3. The summed E-state index contributed by atoms with van der Waals surface area (Å²) in [6.45, 7) is 0.365. The van der Waals surface area contributed by atoms with Gasteiger partial charge in [0.15, 0.2) is 9.84 Å². The van der Waals surface area contributed by atoms with Crippen molar-refractivity contribution in [3.8, 4) is 11.4 Å². The number of carbonyl (C=O) groups excluding carboxylic acids is 1. The second-order valence-corrected chi connectivity index (χ2v) is 10.6. The zero-order chi connectivity index (χ0) is 22.6. The van der Waals surface area contributed by atoms with Crippen LogP contribution in [-0.2, 0) is 21.2 Å². The zero-order valence-corrected chi connectivity index (χ0v) is 19.1. The molecule has 168 valence electrons. The summed E-state index contributed by atoms with van der Waals surface area (Å²) in [4.78, 5) is 14.9. The molecule has 1 atom stereocenters. The molecule has 0 N–H and O–H groups in total.